The van der Waals surface area contributed by atoms with Crippen molar-refractivity contribution in [1.82, 2.24) is 9.80 Å². The number of carbonyl (C=O) groups excluding carboxylic acids is 1. The Labute approximate surface area is 132 Å². The first-order valence-corrected chi connectivity index (χ1v) is 8.83. The molecule has 0 aromatic rings. The molecule has 0 radical (unpaired) electrons. The molecule has 2 atom stereocenters. The van der Waals surface area contributed by atoms with E-state index in [4.69, 9.17) is 0 Å². The lowest BCUT2D eigenvalue weighted by Gasteiger charge is -2.32. The van der Waals surface area contributed by atoms with Crippen LogP contribution in [-0.4, -0.2) is 47.4 Å². The summed E-state index contributed by atoms with van der Waals surface area (Å²) >= 11 is 0. The van der Waals surface area contributed by atoms with Crippen molar-refractivity contribution in [1.29, 1.82) is 0 Å². The van der Waals surface area contributed by atoms with Gasteiger partial charge in [0.25, 0.3) is 0 Å². The van der Waals surface area contributed by atoms with Crippen molar-refractivity contribution in [3.8, 4) is 0 Å². The standard InChI is InChI=1S/C18H36N2O/c1-7-11-19(12-9-15(3)8-2)17(21)16-10-13-20(14-16)18(4,5)6/h15-16H,7-14H2,1-6H3/t15-,16?/m1/s1. The Bertz CT molecular complexity index is 322. The highest BCUT2D eigenvalue weighted by Gasteiger charge is 2.35. The van der Waals surface area contributed by atoms with Crippen molar-refractivity contribution < 1.29 is 4.79 Å². The number of hydrogen-bond donors (Lipinski definition) is 0. The third-order valence-electron chi connectivity index (χ3n) is 4.88. The van der Waals surface area contributed by atoms with Crippen molar-refractivity contribution >= 4 is 5.91 Å². The molecule has 1 fully saturated rings. The Hall–Kier alpha value is -0.570. The highest BCUT2D eigenvalue weighted by atomic mass is 16.2. The number of rotatable bonds is 7. The summed E-state index contributed by atoms with van der Waals surface area (Å²) in [7, 11) is 0. The van der Waals surface area contributed by atoms with Crippen LogP contribution in [0.4, 0.5) is 0 Å². The predicted molar refractivity (Wildman–Crippen MR) is 90.4 cm³/mol. The maximum Gasteiger partial charge on any atom is 0.227 e. The summed E-state index contributed by atoms with van der Waals surface area (Å²) < 4.78 is 0. The van der Waals surface area contributed by atoms with E-state index in [0.29, 0.717) is 11.8 Å². The molecule has 0 saturated carbocycles. The first-order chi connectivity index (χ1) is 9.79. The van der Waals surface area contributed by atoms with Crippen molar-refractivity contribution in [3.63, 3.8) is 0 Å². The minimum atomic E-state index is 0.182. The molecule has 1 amide bonds. The van der Waals surface area contributed by atoms with Crippen LogP contribution in [0.15, 0.2) is 0 Å². The molecule has 124 valence electrons. The van der Waals surface area contributed by atoms with Gasteiger partial charge in [-0.25, -0.2) is 0 Å². The monoisotopic (exact) mass is 296 g/mol. The lowest BCUT2D eigenvalue weighted by atomic mass is 10.0. The minimum Gasteiger partial charge on any atom is -0.342 e. The second kappa shape index (κ2) is 8.17. The Kier molecular flexibility index (Phi) is 7.19. The van der Waals surface area contributed by atoms with Gasteiger partial charge in [0, 0.05) is 25.2 Å². The first-order valence-electron chi connectivity index (χ1n) is 8.83. The van der Waals surface area contributed by atoms with Crippen molar-refractivity contribution in [2.45, 2.75) is 72.8 Å². The molecule has 3 heteroatoms. The molecule has 21 heavy (non-hydrogen) atoms. The van der Waals surface area contributed by atoms with Gasteiger partial charge in [0.1, 0.15) is 0 Å². The lowest BCUT2D eigenvalue weighted by Crippen LogP contribution is -2.42. The Morgan fingerprint density at radius 2 is 1.95 bits per heavy atom. The minimum absolute atomic E-state index is 0.182. The summed E-state index contributed by atoms with van der Waals surface area (Å²) in [4.78, 5) is 17.4. The molecule has 0 aliphatic carbocycles. The fraction of sp³-hybridized carbons (Fsp3) is 0.944. The van der Waals surface area contributed by atoms with Gasteiger partial charge >= 0.3 is 0 Å². The molecule has 1 heterocycles. The molecule has 0 spiro atoms. The van der Waals surface area contributed by atoms with Gasteiger partial charge in [-0.1, -0.05) is 27.2 Å². The maximum absolute atomic E-state index is 12.8. The zero-order valence-corrected chi connectivity index (χ0v) is 15.1. The van der Waals surface area contributed by atoms with Crippen LogP contribution in [-0.2, 0) is 4.79 Å². The summed E-state index contributed by atoms with van der Waals surface area (Å²) in [6.07, 6.45) is 4.43. The van der Waals surface area contributed by atoms with Crippen molar-refractivity contribution in [2.75, 3.05) is 26.2 Å². The molecular formula is C18H36N2O. The van der Waals surface area contributed by atoms with Gasteiger partial charge < -0.3 is 4.90 Å². The van der Waals surface area contributed by atoms with Crippen LogP contribution in [0, 0.1) is 11.8 Å². The van der Waals surface area contributed by atoms with E-state index in [1.807, 2.05) is 0 Å². The van der Waals surface area contributed by atoms with Crippen molar-refractivity contribution in [2.24, 2.45) is 11.8 Å². The van der Waals surface area contributed by atoms with E-state index in [2.05, 4.69) is 51.3 Å². The average molecular weight is 296 g/mol. The van der Waals surface area contributed by atoms with Crippen molar-refractivity contribution in [3.05, 3.63) is 0 Å². The van der Waals surface area contributed by atoms with E-state index < -0.39 is 0 Å². The molecule has 1 unspecified atom stereocenters. The molecular weight excluding hydrogens is 260 g/mol. The second-order valence-electron chi connectivity index (χ2n) is 7.73. The lowest BCUT2D eigenvalue weighted by molar-refractivity contribution is -0.135. The number of amides is 1. The van der Waals surface area contributed by atoms with Gasteiger partial charge in [0.2, 0.25) is 5.91 Å². The van der Waals surface area contributed by atoms with Crippen LogP contribution in [0.2, 0.25) is 0 Å². The number of carbonyl (C=O) groups is 1. The molecule has 1 rings (SSSR count). The highest BCUT2D eigenvalue weighted by Crippen LogP contribution is 2.26. The van der Waals surface area contributed by atoms with E-state index in [0.717, 1.165) is 45.4 Å². The van der Waals surface area contributed by atoms with Crippen LogP contribution in [0.25, 0.3) is 0 Å². The molecule has 0 N–H and O–H groups in total. The van der Waals surface area contributed by atoms with Crippen LogP contribution < -0.4 is 0 Å². The van der Waals surface area contributed by atoms with E-state index in [9.17, 15) is 4.79 Å². The molecule has 0 aromatic heterocycles. The van der Waals surface area contributed by atoms with Gasteiger partial charge in [-0.3, -0.25) is 9.69 Å². The zero-order valence-electron chi connectivity index (χ0n) is 15.1. The average Bonchev–Trinajstić information content (AvgIpc) is 2.92. The quantitative estimate of drug-likeness (QED) is 0.714. The van der Waals surface area contributed by atoms with Crippen LogP contribution in [0.1, 0.15) is 67.2 Å². The largest absolute Gasteiger partial charge is 0.342 e. The summed E-state index contributed by atoms with van der Waals surface area (Å²) in [5, 5.41) is 0. The summed E-state index contributed by atoms with van der Waals surface area (Å²) in [5.41, 5.74) is 0.182. The second-order valence-corrected chi connectivity index (χ2v) is 7.73. The molecule has 1 aliphatic heterocycles. The molecule has 0 aromatic carbocycles. The van der Waals surface area contributed by atoms with Crippen LogP contribution in [0.3, 0.4) is 0 Å². The Morgan fingerprint density at radius 1 is 1.29 bits per heavy atom. The SMILES string of the molecule is CCCN(CC[C@H](C)CC)C(=O)C1CCN(C(C)(C)C)C1. The summed E-state index contributed by atoms with van der Waals surface area (Å²) in [5.74, 6) is 1.33. The van der Waals surface area contributed by atoms with Crippen LogP contribution in [0.5, 0.6) is 0 Å². The Morgan fingerprint density at radius 3 is 2.43 bits per heavy atom. The fourth-order valence-electron chi connectivity index (χ4n) is 3.01. The predicted octanol–water partition coefficient (Wildman–Crippen LogP) is 3.78. The maximum atomic E-state index is 12.8. The number of hydrogen-bond acceptors (Lipinski definition) is 2. The highest BCUT2D eigenvalue weighted by molar-refractivity contribution is 5.79. The van der Waals surface area contributed by atoms with Gasteiger partial charge in [-0.2, -0.15) is 0 Å². The van der Waals surface area contributed by atoms with Gasteiger partial charge in [0.05, 0.1) is 5.92 Å². The first kappa shape index (κ1) is 18.5. The van der Waals surface area contributed by atoms with E-state index in [1.54, 1.807) is 0 Å². The van der Waals surface area contributed by atoms with E-state index >= 15 is 0 Å². The molecule has 0 bridgehead atoms. The van der Waals surface area contributed by atoms with Gasteiger partial charge in [-0.05, 0) is 52.5 Å². The van der Waals surface area contributed by atoms with E-state index in [-0.39, 0.29) is 11.5 Å². The number of likely N-dealkylation sites (tertiary alicyclic amines) is 1. The van der Waals surface area contributed by atoms with Gasteiger partial charge in [-0.15, -0.1) is 0 Å². The number of nitrogens with zero attached hydrogens (tertiary/aromatic N) is 2. The molecule has 1 saturated heterocycles. The molecule has 3 nitrogen and oxygen atoms in total. The summed E-state index contributed by atoms with van der Waals surface area (Å²) in [6, 6.07) is 0. The summed E-state index contributed by atoms with van der Waals surface area (Å²) in [6.45, 7) is 17.3. The normalized spacial score (nSPS) is 21.5. The third-order valence-corrected chi connectivity index (χ3v) is 4.88. The Balaban J connectivity index is 2.57. The fourth-order valence-corrected chi connectivity index (χ4v) is 3.01. The van der Waals surface area contributed by atoms with Gasteiger partial charge in [0.15, 0.2) is 0 Å². The third kappa shape index (κ3) is 5.61. The van der Waals surface area contributed by atoms with E-state index in [1.165, 1.54) is 6.42 Å². The topological polar surface area (TPSA) is 23.6 Å². The van der Waals surface area contributed by atoms with Crippen LogP contribution >= 0.6 is 0 Å². The molecule has 1 aliphatic rings. The smallest absolute Gasteiger partial charge is 0.227 e. The zero-order chi connectivity index (χ0) is 16.0.